The highest BCUT2D eigenvalue weighted by molar-refractivity contribution is 7.51. The summed E-state index contributed by atoms with van der Waals surface area (Å²) < 4.78 is 23.9. The molecular weight excluding hydrogens is 231 g/mol. The van der Waals surface area contributed by atoms with Crippen molar-refractivity contribution in [1.82, 2.24) is 4.67 Å². The van der Waals surface area contributed by atoms with Crippen molar-refractivity contribution in [2.24, 2.45) is 11.1 Å². The fraction of sp³-hybridized carbons (Fsp3) is 0.889. The maximum atomic E-state index is 12.2. The Labute approximate surface area is 95.8 Å². The molecule has 1 rings (SSSR count). The van der Waals surface area contributed by atoms with Crippen LogP contribution in [0.15, 0.2) is 5.16 Å². The van der Waals surface area contributed by atoms with Crippen LogP contribution in [0.3, 0.4) is 0 Å². The number of hydrogen-bond acceptors (Lipinski definition) is 5. The molecule has 6 nitrogen and oxygen atoms in total. The van der Waals surface area contributed by atoms with Crippen molar-refractivity contribution in [2.45, 2.75) is 26.3 Å². The monoisotopic (exact) mass is 250 g/mol. The third kappa shape index (κ3) is 2.46. The molecule has 1 aliphatic heterocycles. The first-order valence-corrected chi connectivity index (χ1v) is 6.67. The predicted molar refractivity (Wildman–Crippen MR) is 60.8 cm³/mol. The van der Waals surface area contributed by atoms with Crippen molar-refractivity contribution in [3.05, 3.63) is 0 Å². The molecule has 0 bridgehead atoms. The molecule has 0 aromatic carbocycles. The minimum atomic E-state index is -3.19. The van der Waals surface area contributed by atoms with E-state index in [9.17, 15) is 4.57 Å². The van der Waals surface area contributed by atoms with Crippen LogP contribution in [0.25, 0.3) is 0 Å². The molecule has 1 saturated heterocycles. The summed E-state index contributed by atoms with van der Waals surface area (Å²) in [4.78, 5) is 0. The number of hydrogen-bond donors (Lipinski definition) is 1. The van der Waals surface area contributed by atoms with Crippen LogP contribution in [0.2, 0.25) is 0 Å². The summed E-state index contributed by atoms with van der Waals surface area (Å²) in [6, 6.07) is -0.0344. The molecule has 0 radical (unpaired) electrons. The van der Waals surface area contributed by atoms with Gasteiger partial charge in [-0.25, -0.2) is 9.24 Å². The van der Waals surface area contributed by atoms with Gasteiger partial charge in [0.25, 0.3) is 0 Å². The van der Waals surface area contributed by atoms with Crippen molar-refractivity contribution in [3.63, 3.8) is 0 Å². The van der Waals surface area contributed by atoms with E-state index in [1.54, 1.807) is 4.67 Å². The lowest BCUT2D eigenvalue weighted by atomic mass is 9.95. The summed E-state index contributed by atoms with van der Waals surface area (Å²) in [7, 11) is -0.446. The highest BCUT2D eigenvalue weighted by atomic mass is 31.2. The summed E-state index contributed by atoms with van der Waals surface area (Å²) in [5.74, 6) is 0.0415. The fourth-order valence-electron chi connectivity index (χ4n) is 1.94. The highest BCUT2D eigenvalue weighted by Gasteiger charge is 2.40. The van der Waals surface area contributed by atoms with Gasteiger partial charge in [-0.2, -0.15) is 0 Å². The van der Waals surface area contributed by atoms with Gasteiger partial charge in [-0.3, -0.25) is 9.05 Å². The summed E-state index contributed by atoms with van der Waals surface area (Å²) in [5.41, 5.74) is 0.725. The maximum absolute atomic E-state index is 12.2. The first-order chi connectivity index (χ1) is 7.48. The SMILES string of the molecule is COP(=O)(OC)N1C[C@H](C)/C(=N\O)C[C@H]1C. The second-order valence-corrected chi connectivity index (χ2v) is 6.18. The third-order valence-electron chi connectivity index (χ3n) is 2.95. The van der Waals surface area contributed by atoms with Crippen LogP contribution in [-0.4, -0.2) is 42.4 Å². The molecule has 2 atom stereocenters. The number of oxime groups is 1. The van der Waals surface area contributed by atoms with Gasteiger partial charge in [0.2, 0.25) is 0 Å². The molecule has 0 spiro atoms. The van der Waals surface area contributed by atoms with E-state index in [0.717, 1.165) is 5.71 Å². The molecule has 0 aromatic rings. The van der Waals surface area contributed by atoms with Crippen LogP contribution in [0.5, 0.6) is 0 Å². The van der Waals surface area contributed by atoms with E-state index in [-0.39, 0.29) is 12.0 Å². The Morgan fingerprint density at radius 1 is 1.44 bits per heavy atom. The lowest BCUT2D eigenvalue weighted by Crippen LogP contribution is -2.43. The molecule has 0 unspecified atom stereocenters. The molecular formula is C9H19N2O4P. The van der Waals surface area contributed by atoms with Gasteiger partial charge in [-0.1, -0.05) is 12.1 Å². The summed E-state index contributed by atoms with van der Waals surface area (Å²) >= 11 is 0. The standard InChI is InChI=1S/C9H19N2O4P/c1-7-6-11(16(13,14-3)15-4)8(2)5-9(7)10-12/h7-8,12H,5-6H2,1-4H3/b10-9-/t7-,8+/m0/s1. The smallest absolute Gasteiger partial charge is 0.407 e. The van der Waals surface area contributed by atoms with E-state index >= 15 is 0 Å². The third-order valence-corrected chi connectivity index (χ3v) is 5.06. The molecule has 0 saturated carbocycles. The first-order valence-electron chi connectivity index (χ1n) is 5.18. The summed E-state index contributed by atoms with van der Waals surface area (Å²) in [5, 5.41) is 12.1. The summed E-state index contributed by atoms with van der Waals surface area (Å²) in [6.07, 6.45) is 0.564. The van der Waals surface area contributed by atoms with Gasteiger partial charge in [0.1, 0.15) is 0 Å². The second-order valence-electron chi connectivity index (χ2n) is 4.00. The minimum Gasteiger partial charge on any atom is -0.411 e. The molecule has 7 heteroatoms. The van der Waals surface area contributed by atoms with Gasteiger partial charge in [-0.05, 0) is 6.92 Å². The first kappa shape index (κ1) is 13.6. The van der Waals surface area contributed by atoms with E-state index in [2.05, 4.69) is 5.16 Å². The normalized spacial score (nSPS) is 30.9. The van der Waals surface area contributed by atoms with E-state index in [4.69, 9.17) is 14.3 Å². The van der Waals surface area contributed by atoms with Crippen LogP contribution >= 0.6 is 7.75 Å². The Hall–Kier alpha value is -0.420. The number of rotatable bonds is 3. The lowest BCUT2D eigenvalue weighted by molar-refractivity contribution is 0.171. The van der Waals surface area contributed by atoms with Crippen molar-refractivity contribution in [1.29, 1.82) is 0 Å². The van der Waals surface area contributed by atoms with Crippen molar-refractivity contribution >= 4 is 13.5 Å². The van der Waals surface area contributed by atoms with Crippen molar-refractivity contribution in [3.8, 4) is 0 Å². The molecule has 0 amide bonds. The molecule has 94 valence electrons. The molecule has 1 fully saturated rings. The van der Waals surface area contributed by atoms with Gasteiger partial charge < -0.3 is 5.21 Å². The van der Waals surface area contributed by atoms with Gasteiger partial charge in [0.15, 0.2) is 0 Å². The largest absolute Gasteiger partial charge is 0.411 e. The molecule has 1 aliphatic rings. The van der Waals surface area contributed by atoms with Crippen LogP contribution in [0.1, 0.15) is 20.3 Å². The zero-order chi connectivity index (χ0) is 12.3. The Morgan fingerprint density at radius 2 is 2.00 bits per heavy atom. The minimum absolute atomic E-state index is 0.0344. The van der Waals surface area contributed by atoms with E-state index < -0.39 is 7.75 Å². The van der Waals surface area contributed by atoms with Gasteiger partial charge in [0, 0.05) is 39.1 Å². The zero-order valence-electron chi connectivity index (χ0n) is 10.1. The zero-order valence-corrected chi connectivity index (χ0v) is 11.0. The van der Waals surface area contributed by atoms with Crippen LogP contribution < -0.4 is 0 Å². The predicted octanol–water partition coefficient (Wildman–Crippen LogP) is 1.95. The Bertz CT molecular complexity index is 313. The lowest BCUT2D eigenvalue weighted by Gasteiger charge is -2.39. The Kier molecular flexibility index (Phi) is 4.50. The number of piperidine rings is 1. The van der Waals surface area contributed by atoms with Gasteiger partial charge >= 0.3 is 7.75 Å². The van der Waals surface area contributed by atoms with E-state index in [0.29, 0.717) is 13.0 Å². The topological polar surface area (TPSA) is 71.4 Å². The molecule has 1 N–H and O–H groups in total. The highest BCUT2D eigenvalue weighted by Crippen LogP contribution is 2.53. The fourth-order valence-corrected chi connectivity index (χ4v) is 3.52. The van der Waals surface area contributed by atoms with Crippen molar-refractivity contribution < 1.29 is 18.8 Å². The quantitative estimate of drug-likeness (QED) is 0.471. The van der Waals surface area contributed by atoms with Gasteiger partial charge in [-0.15, -0.1) is 0 Å². The van der Waals surface area contributed by atoms with Gasteiger partial charge in [0.05, 0.1) is 5.71 Å². The Morgan fingerprint density at radius 3 is 2.44 bits per heavy atom. The molecule has 16 heavy (non-hydrogen) atoms. The maximum Gasteiger partial charge on any atom is 0.407 e. The number of nitrogens with zero attached hydrogens (tertiary/aromatic N) is 2. The molecule has 0 aliphatic carbocycles. The van der Waals surface area contributed by atoms with E-state index in [1.165, 1.54) is 14.2 Å². The van der Waals surface area contributed by atoms with E-state index in [1.807, 2.05) is 13.8 Å². The van der Waals surface area contributed by atoms with Crippen molar-refractivity contribution in [2.75, 3.05) is 20.8 Å². The summed E-state index contributed by atoms with van der Waals surface area (Å²) in [6.45, 7) is 4.32. The Balaban J connectivity index is 2.89. The van der Waals surface area contributed by atoms with Crippen LogP contribution in [-0.2, 0) is 13.6 Å². The average molecular weight is 250 g/mol. The van der Waals surface area contributed by atoms with Crippen LogP contribution in [0.4, 0.5) is 0 Å². The second kappa shape index (κ2) is 5.27. The van der Waals surface area contributed by atoms with Crippen LogP contribution in [0, 0.1) is 5.92 Å². The average Bonchev–Trinajstić information content (AvgIpc) is 2.30. The molecule has 0 aromatic heterocycles. The molecule has 1 heterocycles.